The molecule has 1 aliphatic rings. The fraction of sp³-hybridized carbons (Fsp3) is 0.192. The predicted molar refractivity (Wildman–Crippen MR) is 128 cm³/mol. The van der Waals surface area contributed by atoms with Gasteiger partial charge in [0, 0.05) is 36.1 Å². The minimum Gasteiger partial charge on any atom is -0.507 e. The van der Waals surface area contributed by atoms with Crippen LogP contribution in [0, 0.1) is 5.82 Å². The van der Waals surface area contributed by atoms with Crippen LogP contribution in [0.4, 0.5) is 4.39 Å². The van der Waals surface area contributed by atoms with E-state index in [0.29, 0.717) is 27.4 Å². The molecule has 1 aliphatic carbocycles. The van der Waals surface area contributed by atoms with Crippen molar-refractivity contribution in [2.24, 2.45) is 7.05 Å². The van der Waals surface area contributed by atoms with Crippen LogP contribution in [0.2, 0.25) is 5.02 Å². The van der Waals surface area contributed by atoms with Gasteiger partial charge in [0.25, 0.3) is 0 Å². The molecular formula is C26H23ClFN3O2. The van der Waals surface area contributed by atoms with E-state index in [1.165, 1.54) is 21.3 Å². The van der Waals surface area contributed by atoms with Gasteiger partial charge in [-0.3, -0.25) is 4.57 Å². The molecule has 1 aromatic heterocycles. The van der Waals surface area contributed by atoms with Crippen LogP contribution in [0.5, 0.6) is 5.75 Å². The maximum absolute atomic E-state index is 14.7. The van der Waals surface area contributed by atoms with Gasteiger partial charge in [0.1, 0.15) is 11.6 Å². The molecule has 5 rings (SSSR count). The second kappa shape index (κ2) is 7.90. The summed E-state index contributed by atoms with van der Waals surface area (Å²) in [5, 5.41) is 14.8. The van der Waals surface area contributed by atoms with E-state index in [-0.39, 0.29) is 17.0 Å². The molecule has 2 N–H and O–H groups in total. The van der Waals surface area contributed by atoms with Crippen molar-refractivity contribution in [1.29, 1.82) is 0 Å². The summed E-state index contributed by atoms with van der Waals surface area (Å²) in [6.07, 6.45) is 5.36. The first-order chi connectivity index (χ1) is 15.8. The summed E-state index contributed by atoms with van der Waals surface area (Å²) in [6.45, 7) is 0. The van der Waals surface area contributed by atoms with Gasteiger partial charge in [-0.2, -0.15) is 0 Å². The van der Waals surface area contributed by atoms with Crippen molar-refractivity contribution in [3.05, 3.63) is 93.9 Å². The maximum atomic E-state index is 14.7. The van der Waals surface area contributed by atoms with Gasteiger partial charge in [0.2, 0.25) is 0 Å². The Bertz CT molecular complexity index is 1440. The molecule has 0 aliphatic heterocycles. The highest BCUT2D eigenvalue weighted by Crippen LogP contribution is 2.47. The molecule has 168 valence electrons. The lowest BCUT2D eigenvalue weighted by atomic mass is 9.94. The van der Waals surface area contributed by atoms with E-state index in [4.69, 9.17) is 11.6 Å². The number of phenolic OH excluding ortho intramolecular Hbond substituents is 1. The number of aromatic nitrogens is 2. The number of hydrogen-bond donors (Lipinski definition) is 2. The zero-order valence-corrected chi connectivity index (χ0v) is 19.0. The lowest BCUT2D eigenvalue weighted by Crippen LogP contribution is -2.24. The van der Waals surface area contributed by atoms with E-state index >= 15 is 0 Å². The number of aryl methyl sites for hydroxylation is 1. The van der Waals surface area contributed by atoms with Crippen molar-refractivity contribution < 1.29 is 9.50 Å². The van der Waals surface area contributed by atoms with Crippen LogP contribution in [0.1, 0.15) is 18.4 Å². The fourth-order valence-corrected chi connectivity index (χ4v) is 4.62. The van der Waals surface area contributed by atoms with Crippen LogP contribution in [-0.4, -0.2) is 21.3 Å². The molecule has 0 unspecified atom stereocenters. The number of benzene rings is 3. The normalized spacial score (nSPS) is 14.4. The number of imidazole rings is 1. The third-order valence-electron chi connectivity index (χ3n) is 6.49. The highest BCUT2D eigenvalue weighted by molar-refractivity contribution is 6.32. The van der Waals surface area contributed by atoms with Crippen molar-refractivity contribution in [2.45, 2.75) is 18.4 Å². The summed E-state index contributed by atoms with van der Waals surface area (Å²) < 4.78 is 17.6. The van der Waals surface area contributed by atoms with Gasteiger partial charge in [0.15, 0.2) is 0 Å². The molecule has 0 atom stereocenters. The molecule has 1 fully saturated rings. The molecule has 33 heavy (non-hydrogen) atoms. The Labute approximate surface area is 195 Å². The first kappa shape index (κ1) is 21.5. The topological polar surface area (TPSA) is 59.2 Å². The van der Waals surface area contributed by atoms with Crippen molar-refractivity contribution in [2.75, 3.05) is 7.05 Å². The van der Waals surface area contributed by atoms with Gasteiger partial charge >= 0.3 is 5.69 Å². The Balaban J connectivity index is 1.59. The molecule has 4 aromatic rings. The molecule has 5 nitrogen and oxygen atoms in total. The Morgan fingerprint density at radius 1 is 1.03 bits per heavy atom. The number of rotatable bonds is 5. The summed E-state index contributed by atoms with van der Waals surface area (Å²) in [5.74, 6) is -0.485. The third-order valence-corrected chi connectivity index (χ3v) is 6.80. The van der Waals surface area contributed by atoms with E-state index in [1.54, 1.807) is 37.6 Å². The Morgan fingerprint density at radius 2 is 1.73 bits per heavy atom. The summed E-state index contributed by atoms with van der Waals surface area (Å²) in [6, 6.07) is 15.5. The van der Waals surface area contributed by atoms with Gasteiger partial charge in [-0.15, -0.1) is 0 Å². The predicted octanol–water partition coefficient (Wildman–Crippen LogP) is 5.22. The Kier molecular flexibility index (Phi) is 5.15. The van der Waals surface area contributed by atoms with Crippen molar-refractivity contribution in [1.82, 2.24) is 14.5 Å². The fourth-order valence-electron chi connectivity index (χ4n) is 4.35. The van der Waals surface area contributed by atoms with Crippen LogP contribution in [-0.2, 0) is 12.6 Å². The minimum absolute atomic E-state index is 0.0245. The molecular weight excluding hydrogens is 441 g/mol. The summed E-state index contributed by atoms with van der Waals surface area (Å²) in [4.78, 5) is 12.3. The van der Waals surface area contributed by atoms with Crippen molar-refractivity contribution in [3.8, 4) is 33.7 Å². The van der Waals surface area contributed by atoms with Crippen LogP contribution in [0.3, 0.4) is 0 Å². The number of aromatic hydroxyl groups is 1. The van der Waals surface area contributed by atoms with Crippen molar-refractivity contribution in [3.63, 3.8) is 0 Å². The summed E-state index contributed by atoms with van der Waals surface area (Å²) in [5.41, 5.74) is 3.40. The number of phenols is 1. The molecule has 3 aromatic carbocycles. The van der Waals surface area contributed by atoms with Gasteiger partial charge in [-0.1, -0.05) is 35.9 Å². The molecule has 0 bridgehead atoms. The third kappa shape index (κ3) is 3.65. The zero-order chi connectivity index (χ0) is 23.3. The van der Waals surface area contributed by atoms with E-state index in [1.807, 2.05) is 31.3 Å². The monoisotopic (exact) mass is 463 g/mol. The smallest absolute Gasteiger partial charge is 0.332 e. The first-order valence-electron chi connectivity index (χ1n) is 10.7. The van der Waals surface area contributed by atoms with Crippen LogP contribution in [0.15, 0.2) is 71.8 Å². The van der Waals surface area contributed by atoms with Crippen LogP contribution >= 0.6 is 11.6 Å². The quantitative estimate of drug-likeness (QED) is 0.427. The Hall–Kier alpha value is -3.35. The maximum Gasteiger partial charge on any atom is 0.332 e. The number of halogens is 2. The zero-order valence-electron chi connectivity index (χ0n) is 18.3. The largest absolute Gasteiger partial charge is 0.507 e. The van der Waals surface area contributed by atoms with Gasteiger partial charge < -0.3 is 15.0 Å². The average Bonchev–Trinajstić information content (AvgIpc) is 3.56. The van der Waals surface area contributed by atoms with Crippen molar-refractivity contribution >= 4 is 11.6 Å². The van der Waals surface area contributed by atoms with Crippen LogP contribution in [0.25, 0.3) is 27.9 Å². The number of hydrogen-bond acceptors (Lipinski definition) is 3. The second-order valence-electron chi connectivity index (χ2n) is 8.49. The molecule has 1 heterocycles. The highest BCUT2D eigenvalue weighted by Gasteiger charge is 2.42. The van der Waals surface area contributed by atoms with E-state index in [0.717, 1.165) is 24.0 Å². The van der Waals surface area contributed by atoms with Gasteiger partial charge in [-0.05, 0) is 66.9 Å². The van der Waals surface area contributed by atoms with Crippen LogP contribution < -0.4 is 11.0 Å². The number of nitrogens with one attached hydrogen (secondary N) is 1. The van der Waals surface area contributed by atoms with E-state index in [2.05, 4.69) is 5.32 Å². The molecule has 0 amide bonds. The Morgan fingerprint density at radius 3 is 2.30 bits per heavy atom. The lowest BCUT2D eigenvalue weighted by molar-refractivity contribution is 0.477. The highest BCUT2D eigenvalue weighted by atomic mass is 35.5. The molecule has 0 radical (unpaired) electrons. The van der Waals surface area contributed by atoms with Gasteiger partial charge in [-0.25, -0.2) is 9.18 Å². The summed E-state index contributed by atoms with van der Waals surface area (Å²) >= 11 is 6.49. The number of nitrogens with zero attached hydrogens (tertiary/aromatic N) is 2. The average molecular weight is 464 g/mol. The second-order valence-corrected chi connectivity index (χ2v) is 8.90. The molecule has 0 saturated heterocycles. The van der Waals surface area contributed by atoms with E-state index in [9.17, 15) is 14.3 Å². The molecule has 1 saturated carbocycles. The molecule has 7 heteroatoms. The summed E-state index contributed by atoms with van der Waals surface area (Å²) in [7, 11) is 3.60. The van der Waals surface area contributed by atoms with E-state index < -0.39 is 5.82 Å². The minimum atomic E-state index is -0.461. The lowest BCUT2D eigenvalue weighted by Gasteiger charge is -2.17. The standard InChI is InChI=1S/C26H23ClFN3O2/c1-29-26(8-9-26)18-5-3-4-16(12-18)20-14-19(28)15-21(24(20)32)17-6-7-23(22(27)13-17)31-11-10-30(2)25(31)33/h3-7,10-15,29,32H,8-9H2,1-2H3. The first-order valence-corrected chi connectivity index (χ1v) is 11.1. The van der Waals surface area contributed by atoms with Gasteiger partial charge in [0.05, 0.1) is 10.7 Å². The SMILES string of the molecule is CNC1(c2cccc(-c3cc(F)cc(-c4ccc(-n5ccn(C)c5=O)c(Cl)c4)c3O)c2)CC1. The molecule has 0 spiro atoms.